The molecule has 1 aromatic rings. The van der Waals surface area contributed by atoms with Crippen molar-refractivity contribution in [2.75, 3.05) is 6.54 Å². The normalized spacial score (nSPS) is 29.1. The number of hydrogen-bond donors (Lipinski definition) is 1. The van der Waals surface area contributed by atoms with Crippen molar-refractivity contribution in [1.82, 2.24) is 4.90 Å². The Balaban J connectivity index is 1.70. The number of rotatable bonds is 3. The van der Waals surface area contributed by atoms with E-state index in [4.69, 9.17) is 5.73 Å². The molecule has 3 fully saturated rings. The maximum atomic E-state index is 5.65. The zero-order valence-corrected chi connectivity index (χ0v) is 9.02. The highest BCUT2D eigenvalue weighted by Crippen LogP contribution is 2.41. The van der Waals surface area contributed by atoms with Crippen LogP contribution in [-0.2, 0) is 13.1 Å². The first kappa shape index (κ1) is 9.37. The van der Waals surface area contributed by atoms with Gasteiger partial charge in [-0.2, -0.15) is 0 Å². The van der Waals surface area contributed by atoms with Gasteiger partial charge in [0.15, 0.2) is 0 Å². The third-order valence-electron chi connectivity index (χ3n) is 3.83. The molecule has 15 heavy (non-hydrogen) atoms. The first-order chi connectivity index (χ1) is 7.35. The largest absolute Gasteiger partial charge is 0.326 e. The topological polar surface area (TPSA) is 29.3 Å². The van der Waals surface area contributed by atoms with Gasteiger partial charge in [-0.15, -0.1) is 0 Å². The SMILES string of the molecule is NCc1cccc(CN2CC3CC2C3)c1. The highest BCUT2D eigenvalue weighted by Gasteiger charge is 2.42. The second-order valence-electron chi connectivity index (χ2n) is 4.94. The minimum Gasteiger partial charge on any atom is -0.326 e. The molecule has 80 valence electrons. The molecule has 2 bridgehead atoms. The number of nitrogens with zero attached hydrogens (tertiary/aromatic N) is 1. The Bertz CT molecular complexity index is 355. The van der Waals surface area contributed by atoms with Gasteiger partial charge < -0.3 is 5.73 Å². The number of nitrogens with two attached hydrogens (primary N) is 1. The van der Waals surface area contributed by atoms with Crippen LogP contribution in [0.2, 0.25) is 0 Å². The van der Waals surface area contributed by atoms with E-state index in [0.717, 1.165) is 18.5 Å². The summed E-state index contributed by atoms with van der Waals surface area (Å²) in [7, 11) is 0. The van der Waals surface area contributed by atoms with Gasteiger partial charge in [0, 0.05) is 25.7 Å². The maximum Gasteiger partial charge on any atom is 0.0236 e. The average molecular weight is 202 g/mol. The van der Waals surface area contributed by atoms with Gasteiger partial charge in [0.25, 0.3) is 0 Å². The molecular weight excluding hydrogens is 184 g/mol. The van der Waals surface area contributed by atoms with E-state index in [-0.39, 0.29) is 0 Å². The lowest BCUT2D eigenvalue weighted by Gasteiger charge is -2.26. The Hall–Kier alpha value is -0.860. The van der Waals surface area contributed by atoms with Crippen LogP contribution in [0.5, 0.6) is 0 Å². The third kappa shape index (κ3) is 1.68. The third-order valence-corrected chi connectivity index (χ3v) is 3.83. The van der Waals surface area contributed by atoms with Crippen molar-refractivity contribution >= 4 is 0 Å². The highest BCUT2D eigenvalue weighted by molar-refractivity contribution is 5.23. The summed E-state index contributed by atoms with van der Waals surface area (Å²) in [5.41, 5.74) is 8.32. The van der Waals surface area contributed by atoms with Crippen LogP contribution in [0.3, 0.4) is 0 Å². The van der Waals surface area contributed by atoms with Crippen LogP contribution in [0.15, 0.2) is 24.3 Å². The molecule has 2 saturated heterocycles. The van der Waals surface area contributed by atoms with Crippen LogP contribution >= 0.6 is 0 Å². The quantitative estimate of drug-likeness (QED) is 0.809. The van der Waals surface area contributed by atoms with E-state index < -0.39 is 0 Å². The summed E-state index contributed by atoms with van der Waals surface area (Å²) in [6.45, 7) is 3.09. The fraction of sp³-hybridized carbons (Fsp3) is 0.538. The summed E-state index contributed by atoms with van der Waals surface area (Å²) in [4.78, 5) is 2.63. The van der Waals surface area contributed by atoms with Crippen molar-refractivity contribution in [2.24, 2.45) is 11.7 Å². The zero-order chi connectivity index (χ0) is 10.3. The minimum atomic E-state index is 0.653. The van der Waals surface area contributed by atoms with Gasteiger partial charge in [-0.3, -0.25) is 4.90 Å². The average Bonchev–Trinajstić information content (AvgIpc) is 2.76. The number of fused-ring (bicyclic) bond motifs is 1. The Morgan fingerprint density at radius 1 is 1.27 bits per heavy atom. The molecule has 2 N–H and O–H groups in total. The second-order valence-corrected chi connectivity index (χ2v) is 4.94. The van der Waals surface area contributed by atoms with Gasteiger partial charge in [-0.1, -0.05) is 24.3 Å². The first-order valence-corrected chi connectivity index (χ1v) is 5.87. The van der Waals surface area contributed by atoms with E-state index in [2.05, 4.69) is 29.2 Å². The number of hydrogen-bond acceptors (Lipinski definition) is 2. The van der Waals surface area contributed by atoms with E-state index in [1.54, 1.807) is 0 Å². The molecule has 0 radical (unpaired) electrons. The predicted octanol–water partition coefficient (Wildman–Crippen LogP) is 1.74. The van der Waals surface area contributed by atoms with Crippen molar-refractivity contribution in [1.29, 1.82) is 0 Å². The first-order valence-electron chi connectivity index (χ1n) is 5.87. The van der Waals surface area contributed by atoms with Crippen LogP contribution in [0.25, 0.3) is 0 Å². The molecule has 2 heterocycles. The molecule has 3 aliphatic rings. The molecule has 0 spiro atoms. The lowest BCUT2D eigenvalue weighted by molar-refractivity contribution is 0.240. The monoisotopic (exact) mass is 202 g/mol. The second kappa shape index (κ2) is 3.62. The fourth-order valence-electron chi connectivity index (χ4n) is 2.91. The molecule has 2 heteroatoms. The molecular formula is C13H18N2. The van der Waals surface area contributed by atoms with E-state index in [1.807, 2.05) is 0 Å². The molecule has 0 amide bonds. The standard InChI is InChI=1S/C13H18N2/c14-7-10-2-1-3-11(4-10)8-15-9-12-5-13(15)6-12/h1-4,12-13H,5-9,14H2. The van der Waals surface area contributed by atoms with Crippen LogP contribution in [0, 0.1) is 5.92 Å². The Kier molecular flexibility index (Phi) is 2.26. The van der Waals surface area contributed by atoms with E-state index >= 15 is 0 Å². The summed E-state index contributed by atoms with van der Waals surface area (Å²) in [5.74, 6) is 1.01. The van der Waals surface area contributed by atoms with Gasteiger partial charge >= 0.3 is 0 Å². The van der Waals surface area contributed by atoms with Gasteiger partial charge in [0.2, 0.25) is 0 Å². The van der Waals surface area contributed by atoms with Crippen molar-refractivity contribution < 1.29 is 0 Å². The van der Waals surface area contributed by atoms with Crippen LogP contribution in [0.1, 0.15) is 24.0 Å². The predicted molar refractivity (Wildman–Crippen MR) is 61.3 cm³/mol. The van der Waals surface area contributed by atoms with Crippen molar-refractivity contribution in [3.63, 3.8) is 0 Å². The van der Waals surface area contributed by atoms with E-state index in [1.165, 1.54) is 30.5 Å². The van der Waals surface area contributed by atoms with Crippen molar-refractivity contribution in [3.05, 3.63) is 35.4 Å². The Morgan fingerprint density at radius 2 is 2.07 bits per heavy atom. The summed E-state index contributed by atoms with van der Waals surface area (Å²) < 4.78 is 0. The number of benzene rings is 1. The van der Waals surface area contributed by atoms with Gasteiger partial charge in [0.05, 0.1) is 0 Å². The molecule has 0 atom stereocenters. The molecule has 2 aliphatic heterocycles. The van der Waals surface area contributed by atoms with Crippen molar-refractivity contribution in [3.8, 4) is 0 Å². The summed E-state index contributed by atoms with van der Waals surface area (Å²) in [5, 5.41) is 0. The molecule has 1 aromatic carbocycles. The van der Waals surface area contributed by atoms with Crippen LogP contribution in [0.4, 0.5) is 0 Å². The minimum absolute atomic E-state index is 0.653. The summed E-state index contributed by atoms with van der Waals surface area (Å²) in [6, 6.07) is 9.58. The lowest BCUT2D eigenvalue weighted by atomic mass is 9.86. The Labute approximate surface area is 91.1 Å². The molecule has 1 aliphatic carbocycles. The molecule has 0 aromatic heterocycles. The van der Waals surface area contributed by atoms with Crippen LogP contribution in [-0.4, -0.2) is 17.5 Å². The summed E-state index contributed by atoms with van der Waals surface area (Å²) in [6.07, 6.45) is 2.88. The highest BCUT2D eigenvalue weighted by atomic mass is 15.2. The zero-order valence-electron chi connectivity index (χ0n) is 9.02. The molecule has 0 unspecified atom stereocenters. The lowest BCUT2D eigenvalue weighted by Crippen LogP contribution is -2.28. The van der Waals surface area contributed by atoms with Crippen LogP contribution < -0.4 is 5.73 Å². The van der Waals surface area contributed by atoms with E-state index in [9.17, 15) is 0 Å². The van der Waals surface area contributed by atoms with E-state index in [0.29, 0.717) is 6.54 Å². The van der Waals surface area contributed by atoms with Gasteiger partial charge in [0.1, 0.15) is 0 Å². The molecule has 2 nitrogen and oxygen atoms in total. The Morgan fingerprint density at radius 3 is 2.73 bits per heavy atom. The fourth-order valence-corrected chi connectivity index (χ4v) is 2.91. The molecule has 1 saturated carbocycles. The molecule has 4 rings (SSSR count). The van der Waals surface area contributed by atoms with Gasteiger partial charge in [-0.05, 0) is 29.9 Å². The maximum absolute atomic E-state index is 5.65. The smallest absolute Gasteiger partial charge is 0.0236 e. The van der Waals surface area contributed by atoms with Crippen molar-refractivity contribution in [2.45, 2.75) is 32.0 Å². The summed E-state index contributed by atoms with van der Waals surface area (Å²) >= 11 is 0. The van der Waals surface area contributed by atoms with Gasteiger partial charge in [-0.25, -0.2) is 0 Å².